The van der Waals surface area contributed by atoms with Crippen molar-refractivity contribution in [1.29, 1.82) is 0 Å². The molecule has 0 atom stereocenters. The second-order valence-electron chi connectivity index (χ2n) is 5.96. The molecule has 4 nitrogen and oxygen atoms in total. The Balaban J connectivity index is 1.77. The van der Waals surface area contributed by atoms with Crippen LogP contribution in [0, 0.1) is 11.8 Å². The lowest BCUT2D eigenvalue weighted by Crippen LogP contribution is -2.34. The van der Waals surface area contributed by atoms with Crippen molar-refractivity contribution in [2.45, 2.75) is 36.4 Å². The van der Waals surface area contributed by atoms with Gasteiger partial charge in [0, 0.05) is 24.5 Å². The third-order valence-corrected chi connectivity index (χ3v) is 7.28. The average Bonchev–Trinajstić information content (AvgIpc) is 3.32. The number of sulfonamides is 1. The van der Waals surface area contributed by atoms with Crippen LogP contribution in [0.15, 0.2) is 16.3 Å². The first-order valence-corrected chi connectivity index (χ1v) is 9.58. The van der Waals surface area contributed by atoms with E-state index in [0.29, 0.717) is 16.0 Å². The van der Waals surface area contributed by atoms with Crippen molar-refractivity contribution in [3.05, 3.63) is 17.0 Å². The summed E-state index contributed by atoms with van der Waals surface area (Å²) in [5, 5.41) is 3.06. The number of rotatable bonds is 8. The molecule has 20 heavy (non-hydrogen) atoms. The summed E-state index contributed by atoms with van der Waals surface area (Å²) in [4.78, 5) is 1.07. The zero-order valence-corrected chi connectivity index (χ0v) is 13.5. The zero-order valence-electron chi connectivity index (χ0n) is 11.8. The molecule has 0 aliphatic heterocycles. The van der Waals surface area contributed by atoms with E-state index in [0.717, 1.165) is 24.5 Å². The highest BCUT2D eigenvalue weighted by Crippen LogP contribution is 2.36. The van der Waals surface area contributed by atoms with Gasteiger partial charge in [-0.2, -0.15) is 4.31 Å². The largest absolute Gasteiger partial charge is 0.315 e. The molecule has 0 saturated heterocycles. The van der Waals surface area contributed by atoms with Gasteiger partial charge >= 0.3 is 0 Å². The second-order valence-corrected chi connectivity index (χ2v) is 9.29. The Kier molecular flexibility index (Phi) is 4.17. The van der Waals surface area contributed by atoms with Crippen LogP contribution in [0.3, 0.4) is 0 Å². The lowest BCUT2D eigenvalue weighted by molar-refractivity contribution is 0.383. The summed E-state index contributed by atoms with van der Waals surface area (Å²) < 4.78 is 27.8. The van der Waals surface area contributed by atoms with Gasteiger partial charge in [0.1, 0.15) is 4.21 Å². The van der Waals surface area contributed by atoms with Gasteiger partial charge < -0.3 is 5.32 Å². The van der Waals surface area contributed by atoms with Gasteiger partial charge in [0.2, 0.25) is 0 Å². The van der Waals surface area contributed by atoms with Gasteiger partial charge in [-0.1, -0.05) is 0 Å². The Morgan fingerprint density at radius 1 is 1.20 bits per heavy atom. The van der Waals surface area contributed by atoms with E-state index in [9.17, 15) is 8.42 Å². The van der Waals surface area contributed by atoms with Crippen LogP contribution in [0.5, 0.6) is 0 Å². The first kappa shape index (κ1) is 14.5. The van der Waals surface area contributed by atoms with Gasteiger partial charge in [-0.3, -0.25) is 0 Å². The number of nitrogens with one attached hydrogen (secondary N) is 1. The number of nitrogens with zero attached hydrogens (tertiary/aromatic N) is 1. The monoisotopic (exact) mass is 314 g/mol. The van der Waals surface area contributed by atoms with Crippen molar-refractivity contribution in [3.8, 4) is 0 Å². The highest BCUT2D eigenvalue weighted by atomic mass is 32.2. The molecule has 0 bridgehead atoms. The molecule has 2 aliphatic rings. The first-order valence-electron chi connectivity index (χ1n) is 7.33. The first-order chi connectivity index (χ1) is 9.59. The van der Waals surface area contributed by atoms with Crippen molar-refractivity contribution >= 4 is 21.4 Å². The van der Waals surface area contributed by atoms with Crippen molar-refractivity contribution in [2.75, 3.05) is 20.1 Å². The van der Waals surface area contributed by atoms with Gasteiger partial charge in [-0.05, 0) is 56.7 Å². The summed E-state index contributed by atoms with van der Waals surface area (Å²) in [5.74, 6) is 1.19. The zero-order chi connectivity index (χ0) is 14.2. The van der Waals surface area contributed by atoms with E-state index in [1.54, 1.807) is 10.4 Å². The Labute approximate surface area is 125 Å². The molecule has 1 N–H and O–H groups in total. The predicted molar refractivity (Wildman–Crippen MR) is 81.3 cm³/mol. The van der Waals surface area contributed by atoms with Gasteiger partial charge in [0.25, 0.3) is 10.0 Å². The molecule has 0 unspecified atom stereocenters. The fourth-order valence-electron chi connectivity index (χ4n) is 2.34. The molecule has 3 rings (SSSR count). The third-order valence-electron chi connectivity index (χ3n) is 3.90. The summed E-state index contributed by atoms with van der Waals surface area (Å²) in [6.45, 7) is 2.17. The third kappa shape index (κ3) is 3.42. The minimum Gasteiger partial charge on any atom is -0.315 e. The summed E-state index contributed by atoms with van der Waals surface area (Å²) in [5.41, 5.74) is 0. The van der Waals surface area contributed by atoms with Crippen molar-refractivity contribution < 1.29 is 8.42 Å². The lowest BCUT2D eigenvalue weighted by atomic mass is 10.4. The summed E-state index contributed by atoms with van der Waals surface area (Å²) in [6, 6.07) is 3.68. The molecule has 1 aromatic rings. The Morgan fingerprint density at radius 3 is 2.30 bits per heavy atom. The normalized spacial score (nSPS) is 19.7. The maximum Gasteiger partial charge on any atom is 0.252 e. The van der Waals surface area contributed by atoms with E-state index in [4.69, 9.17) is 0 Å². The molecule has 6 heteroatoms. The van der Waals surface area contributed by atoms with Crippen LogP contribution in [0.2, 0.25) is 0 Å². The van der Waals surface area contributed by atoms with Crippen molar-refractivity contribution in [3.63, 3.8) is 0 Å². The van der Waals surface area contributed by atoms with E-state index in [1.165, 1.54) is 37.0 Å². The molecule has 0 aromatic carbocycles. The van der Waals surface area contributed by atoms with Crippen LogP contribution >= 0.6 is 11.3 Å². The highest BCUT2D eigenvalue weighted by Gasteiger charge is 2.36. The topological polar surface area (TPSA) is 49.4 Å². The molecule has 2 fully saturated rings. The maximum absolute atomic E-state index is 12.8. The summed E-state index contributed by atoms with van der Waals surface area (Å²) in [7, 11) is -1.41. The van der Waals surface area contributed by atoms with E-state index in [1.807, 2.05) is 13.1 Å². The van der Waals surface area contributed by atoms with E-state index in [2.05, 4.69) is 5.32 Å². The van der Waals surface area contributed by atoms with Gasteiger partial charge in [0.15, 0.2) is 0 Å². The van der Waals surface area contributed by atoms with E-state index in [-0.39, 0.29) is 0 Å². The maximum atomic E-state index is 12.8. The quantitative estimate of drug-likeness (QED) is 0.801. The van der Waals surface area contributed by atoms with Crippen LogP contribution in [0.25, 0.3) is 0 Å². The molecule has 1 heterocycles. The van der Waals surface area contributed by atoms with Gasteiger partial charge in [0.05, 0.1) is 0 Å². The molecule has 0 spiro atoms. The minimum absolute atomic E-state index is 0.504. The molecule has 1 aromatic heterocycles. The Bertz CT molecular complexity index is 545. The molecule has 2 saturated carbocycles. The number of hydrogen-bond acceptors (Lipinski definition) is 4. The predicted octanol–water partition coefficient (Wildman–Crippen LogP) is 2.28. The number of hydrogen-bond donors (Lipinski definition) is 1. The molecule has 112 valence electrons. The van der Waals surface area contributed by atoms with Gasteiger partial charge in [-0.15, -0.1) is 11.3 Å². The molecular weight excluding hydrogens is 292 g/mol. The number of thiophene rings is 1. The van der Waals surface area contributed by atoms with Crippen LogP contribution in [-0.2, 0) is 16.6 Å². The van der Waals surface area contributed by atoms with E-state index >= 15 is 0 Å². The Morgan fingerprint density at radius 2 is 1.80 bits per heavy atom. The molecular formula is C14H22N2O2S2. The highest BCUT2D eigenvalue weighted by molar-refractivity contribution is 7.91. The molecule has 2 aliphatic carbocycles. The summed E-state index contributed by atoms with van der Waals surface area (Å²) in [6.07, 6.45) is 4.75. The fraction of sp³-hybridized carbons (Fsp3) is 0.714. The smallest absolute Gasteiger partial charge is 0.252 e. The molecule has 0 amide bonds. The van der Waals surface area contributed by atoms with Crippen LogP contribution in [0.1, 0.15) is 30.6 Å². The van der Waals surface area contributed by atoms with Crippen LogP contribution in [0.4, 0.5) is 0 Å². The molecule has 0 radical (unpaired) electrons. The van der Waals surface area contributed by atoms with Crippen LogP contribution < -0.4 is 5.32 Å². The Hall–Kier alpha value is -0.430. The van der Waals surface area contributed by atoms with Gasteiger partial charge in [-0.25, -0.2) is 8.42 Å². The van der Waals surface area contributed by atoms with Crippen molar-refractivity contribution in [1.82, 2.24) is 9.62 Å². The SMILES string of the molecule is CNCc1ccc(S(=O)(=O)N(CC2CC2)CC2CC2)s1. The average molecular weight is 314 g/mol. The fourth-order valence-corrected chi connectivity index (χ4v) is 5.46. The van der Waals surface area contributed by atoms with E-state index < -0.39 is 10.0 Å². The van der Waals surface area contributed by atoms with Crippen molar-refractivity contribution in [2.24, 2.45) is 11.8 Å². The summed E-state index contributed by atoms with van der Waals surface area (Å²) >= 11 is 1.40. The lowest BCUT2D eigenvalue weighted by Gasteiger charge is -2.21. The standard InChI is InChI=1S/C14H22N2O2S2/c1-15-8-13-6-7-14(19-13)20(17,18)16(9-11-2-3-11)10-12-4-5-12/h6-7,11-12,15H,2-5,8-10H2,1H3. The second kappa shape index (κ2) is 5.75. The minimum atomic E-state index is -3.28. The van der Waals surface area contributed by atoms with Crippen LogP contribution in [-0.4, -0.2) is 32.9 Å².